The third-order valence-electron chi connectivity index (χ3n) is 1.22. The molecule has 3 N–H and O–H groups in total. The third-order valence-corrected chi connectivity index (χ3v) is 2.18. The molecule has 0 amide bonds. The highest BCUT2D eigenvalue weighted by Crippen LogP contribution is 2.40. The zero-order valence-corrected chi connectivity index (χ0v) is 7.28. The summed E-state index contributed by atoms with van der Waals surface area (Å²) >= 11 is 0. The SMILES string of the molecule is NCP(=O)(O)Oc1ccccc1. The lowest BCUT2D eigenvalue weighted by atomic mass is 10.3. The van der Waals surface area contributed by atoms with E-state index in [1.807, 2.05) is 0 Å². The predicted molar refractivity (Wildman–Crippen MR) is 45.9 cm³/mol. The Morgan fingerprint density at radius 3 is 2.50 bits per heavy atom. The van der Waals surface area contributed by atoms with E-state index in [-0.39, 0.29) is 6.29 Å². The van der Waals surface area contributed by atoms with Crippen molar-refractivity contribution in [2.75, 3.05) is 6.29 Å². The summed E-state index contributed by atoms with van der Waals surface area (Å²) in [6.45, 7) is 0. The molecule has 0 aromatic heterocycles. The molecule has 0 saturated heterocycles. The van der Waals surface area contributed by atoms with Crippen molar-refractivity contribution < 1.29 is 14.0 Å². The van der Waals surface area contributed by atoms with Crippen LogP contribution in [0.1, 0.15) is 0 Å². The molecule has 0 fully saturated rings. The summed E-state index contributed by atoms with van der Waals surface area (Å²) in [6.07, 6.45) is -0.373. The van der Waals surface area contributed by atoms with Crippen molar-refractivity contribution in [3.05, 3.63) is 30.3 Å². The molecule has 0 radical (unpaired) electrons. The molecule has 0 aliphatic heterocycles. The molecule has 4 nitrogen and oxygen atoms in total. The van der Waals surface area contributed by atoms with Crippen LogP contribution in [0.5, 0.6) is 5.75 Å². The molecule has 1 aromatic carbocycles. The highest BCUT2D eigenvalue weighted by atomic mass is 31.2. The molecule has 1 rings (SSSR count). The minimum atomic E-state index is -3.62. The number of benzene rings is 1. The van der Waals surface area contributed by atoms with Gasteiger partial charge in [0.25, 0.3) is 0 Å². The van der Waals surface area contributed by atoms with E-state index in [2.05, 4.69) is 0 Å². The standard InChI is InChI=1S/C7H10NO3P/c8-6-12(9,10)11-7-4-2-1-3-5-7/h1-5H,6,8H2,(H,9,10). The van der Waals surface area contributed by atoms with Crippen LogP contribution >= 0.6 is 7.60 Å². The normalized spacial score (nSPS) is 15.2. The maximum absolute atomic E-state index is 11.0. The van der Waals surface area contributed by atoms with Crippen LogP contribution in [0.2, 0.25) is 0 Å². The average Bonchev–Trinajstić information content (AvgIpc) is 2.06. The van der Waals surface area contributed by atoms with Crippen molar-refractivity contribution in [3.8, 4) is 5.75 Å². The molecular weight excluding hydrogens is 177 g/mol. The van der Waals surface area contributed by atoms with Gasteiger partial charge in [-0.15, -0.1) is 0 Å². The third kappa shape index (κ3) is 2.66. The largest absolute Gasteiger partial charge is 0.424 e. The summed E-state index contributed by atoms with van der Waals surface area (Å²) in [7, 11) is -3.62. The molecule has 12 heavy (non-hydrogen) atoms. The van der Waals surface area contributed by atoms with Crippen molar-refractivity contribution in [1.82, 2.24) is 0 Å². The lowest BCUT2D eigenvalue weighted by Gasteiger charge is -2.10. The summed E-state index contributed by atoms with van der Waals surface area (Å²) in [5, 5.41) is 0. The fourth-order valence-corrected chi connectivity index (χ4v) is 1.21. The second kappa shape index (κ2) is 3.72. The van der Waals surface area contributed by atoms with E-state index in [4.69, 9.17) is 15.2 Å². The van der Waals surface area contributed by atoms with Crippen LogP contribution in [-0.4, -0.2) is 11.2 Å². The highest BCUT2D eigenvalue weighted by Gasteiger charge is 2.17. The molecular formula is C7H10NO3P. The molecule has 1 aromatic rings. The fourth-order valence-electron chi connectivity index (χ4n) is 0.683. The van der Waals surface area contributed by atoms with Crippen LogP contribution in [0.25, 0.3) is 0 Å². The Labute approximate surface area is 70.5 Å². The minimum Gasteiger partial charge on any atom is -0.424 e. The first kappa shape index (κ1) is 9.26. The van der Waals surface area contributed by atoms with Gasteiger partial charge >= 0.3 is 7.60 Å². The van der Waals surface area contributed by atoms with Crippen molar-refractivity contribution in [1.29, 1.82) is 0 Å². The Bertz CT molecular complexity index is 288. The van der Waals surface area contributed by atoms with Gasteiger partial charge in [-0.2, -0.15) is 0 Å². The van der Waals surface area contributed by atoms with Gasteiger partial charge in [0.15, 0.2) is 0 Å². The molecule has 0 saturated carbocycles. The van der Waals surface area contributed by atoms with Crippen LogP contribution in [0.4, 0.5) is 0 Å². The molecule has 66 valence electrons. The Morgan fingerprint density at radius 1 is 1.42 bits per heavy atom. The van der Waals surface area contributed by atoms with Gasteiger partial charge in [-0.3, -0.25) is 0 Å². The molecule has 0 aliphatic carbocycles. The van der Waals surface area contributed by atoms with Gasteiger partial charge in [0.2, 0.25) is 0 Å². The van der Waals surface area contributed by atoms with E-state index < -0.39 is 7.60 Å². The molecule has 1 atom stereocenters. The van der Waals surface area contributed by atoms with Crippen molar-refractivity contribution in [2.45, 2.75) is 0 Å². The van der Waals surface area contributed by atoms with E-state index in [0.29, 0.717) is 5.75 Å². The van der Waals surface area contributed by atoms with Gasteiger partial charge in [-0.1, -0.05) is 18.2 Å². The molecule has 5 heteroatoms. The van der Waals surface area contributed by atoms with Crippen LogP contribution in [0.3, 0.4) is 0 Å². The van der Waals surface area contributed by atoms with Crippen molar-refractivity contribution in [2.24, 2.45) is 5.73 Å². The molecule has 0 aliphatic rings. The quantitative estimate of drug-likeness (QED) is 0.696. The average molecular weight is 187 g/mol. The Kier molecular flexibility index (Phi) is 2.87. The summed E-state index contributed by atoms with van der Waals surface area (Å²) in [5.41, 5.74) is 5.02. The first-order chi connectivity index (χ1) is 5.64. The van der Waals surface area contributed by atoms with E-state index in [1.165, 1.54) is 0 Å². The first-order valence-electron chi connectivity index (χ1n) is 3.40. The smallest absolute Gasteiger partial charge is 0.390 e. The van der Waals surface area contributed by atoms with Gasteiger partial charge in [0.1, 0.15) is 12.0 Å². The van der Waals surface area contributed by atoms with Crippen molar-refractivity contribution in [3.63, 3.8) is 0 Å². The fraction of sp³-hybridized carbons (Fsp3) is 0.143. The van der Waals surface area contributed by atoms with E-state index >= 15 is 0 Å². The molecule has 1 unspecified atom stereocenters. The summed E-state index contributed by atoms with van der Waals surface area (Å²) in [4.78, 5) is 8.98. The second-order valence-electron chi connectivity index (χ2n) is 2.22. The molecule has 0 spiro atoms. The van der Waals surface area contributed by atoms with Crippen LogP contribution in [-0.2, 0) is 4.57 Å². The van der Waals surface area contributed by atoms with Crippen LogP contribution in [0.15, 0.2) is 30.3 Å². The Morgan fingerprint density at radius 2 is 2.00 bits per heavy atom. The molecule has 0 bridgehead atoms. The number of hydrogen-bond acceptors (Lipinski definition) is 3. The zero-order chi connectivity index (χ0) is 9.03. The van der Waals surface area contributed by atoms with E-state index in [0.717, 1.165) is 0 Å². The van der Waals surface area contributed by atoms with Gasteiger partial charge < -0.3 is 15.2 Å². The topological polar surface area (TPSA) is 72.6 Å². The minimum absolute atomic E-state index is 0.355. The first-order valence-corrected chi connectivity index (χ1v) is 5.17. The van der Waals surface area contributed by atoms with Crippen molar-refractivity contribution >= 4 is 7.60 Å². The molecule has 0 heterocycles. The highest BCUT2D eigenvalue weighted by molar-refractivity contribution is 7.53. The van der Waals surface area contributed by atoms with Gasteiger partial charge in [0, 0.05) is 0 Å². The lowest BCUT2D eigenvalue weighted by molar-refractivity contribution is 0.380. The van der Waals surface area contributed by atoms with Gasteiger partial charge in [-0.25, -0.2) is 4.57 Å². The van der Waals surface area contributed by atoms with Crippen LogP contribution in [0, 0.1) is 0 Å². The summed E-state index contributed by atoms with van der Waals surface area (Å²) in [6, 6.07) is 8.41. The Hall–Kier alpha value is -0.830. The lowest BCUT2D eigenvalue weighted by Crippen LogP contribution is -2.04. The number of rotatable bonds is 3. The predicted octanol–water partition coefficient (Wildman–Crippen LogP) is 1.17. The van der Waals surface area contributed by atoms with Gasteiger partial charge in [0.05, 0.1) is 0 Å². The summed E-state index contributed by atoms with van der Waals surface area (Å²) in [5.74, 6) is 0.355. The maximum atomic E-state index is 11.0. The van der Waals surface area contributed by atoms with E-state index in [9.17, 15) is 4.57 Å². The second-order valence-corrected chi connectivity index (χ2v) is 4.05. The number of hydrogen-bond donors (Lipinski definition) is 2. The van der Waals surface area contributed by atoms with Gasteiger partial charge in [-0.05, 0) is 12.1 Å². The Balaban J connectivity index is 2.71. The number of para-hydroxylation sites is 1. The zero-order valence-electron chi connectivity index (χ0n) is 6.38. The maximum Gasteiger partial charge on any atom is 0.390 e. The van der Waals surface area contributed by atoms with Crippen LogP contribution < -0.4 is 10.3 Å². The monoisotopic (exact) mass is 187 g/mol. The number of nitrogens with two attached hydrogens (primary N) is 1. The van der Waals surface area contributed by atoms with E-state index in [1.54, 1.807) is 30.3 Å². The summed E-state index contributed by atoms with van der Waals surface area (Å²) < 4.78 is 15.7.